The van der Waals surface area contributed by atoms with Gasteiger partial charge in [0.25, 0.3) is 0 Å². The van der Waals surface area contributed by atoms with Crippen molar-refractivity contribution in [2.24, 2.45) is 0 Å². The van der Waals surface area contributed by atoms with Crippen molar-refractivity contribution >= 4 is 17.7 Å². The summed E-state index contributed by atoms with van der Waals surface area (Å²) in [5.41, 5.74) is 2.01. The maximum Gasteiger partial charge on any atom is 0.233 e. The lowest BCUT2D eigenvalue weighted by atomic mass is 10.1. The molecule has 2 heterocycles. The van der Waals surface area contributed by atoms with Crippen LogP contribution in [0.15, 0.2) is 27.8 Å². The van der Waals surface area contributed by atoms with Gasteiger partial charge in [0.05, 0.1) is 29.8 Å². The Morgan fingerprint density at radius 2 is 2.23 bits per heavy atom. The number of rotatable bonds is 5. The van der Waals surface area contributed by atoms with E-state index in [1.54, 1.807) is 31.2 Å². The molecule has 0 aromatic carbocycles. The Bertz CT molecular complexity index is 707. The molecule has 0 atom stereocenters. The highest BCUT2D eigenvalue weighted by molar-refractivity contribution is 7.99. The van der Waals surface area contributed by atoms with E-state index in [0.717, 1.165) is 17.0 Å². The predicted molar refractivity (Wildman–Crippen MR) is 82.1 cm³/mol. The van der Waals surface area contributed by atoms with E-state index in [4.69, 9.17) is 4.42 Å². The lowest BCUT2D eigenvalue weighted by Crippen LogP contribution is -2.27. The van der Waals surface area contributed by atoms with Crippen LogP contribution in [0.1, 0.15) is 22.6 Å². The van der Waals surface area contributed by atoms with Crippen LogP contribution in [0.5, 0.6) is 0 Å². The number of nitriles is 1. The fourth-order valence-electron chi connectivity index (χ4n) is 1.78. The van der Waals surface area contributed by atoms with E-state index < -0.39 is 0 Å². The molecule has 1 amide bonds. The van der Waals surface area contributed by atoms with Crippen LogP contribution >= 0.6 is 11.8 Å². The second kappa shape index (κ2) is 7.09. The van der Waals surface area contributed by atoms with Crippen LogP contribution in [0.4, 0.5) is 0 Å². The monoisotopic (exact) mass is 316 g/mol. The second-order valence-electron chi connectivity index (χ2n) is 4.82. The van der Waals surface area contributed by atoms with Crippen LogP contribution in [-0.2, 0) is 11.3 Å². The smallest absolute Gasteiger partial charge is 0.233 e. The third-order valence-electron chi connectivity index (χ3n) is 3.27. The van der Waals surface area contributed by atoms with Gasteiger partial charge < -0.3 is 9.32 Å². The van der Waals surface area contributed by atoms with Gasteiger partial charge in [-0.15, -0.1) is 5.10 Å². The SMILES string of the molecule is Cc1nnc(SCC(=O)N(C)Cc2ccco2)c(C#N)c1C. The molecule has 0 aliphatic carbocycles. The molecule has 0 spiro atoms. The van der Waals surface area contributed by atoms with E-state index in [-0.39, 0.29) is 11.7 Å². The molecule has 2 aromatic rings. The van der Waals surface area contributed by atoms with Gasteiger partial charge in [-0.3, -0.25) is 4.79 Å². The molecule has 114 valence electrons. The average Bonchev–Trinajstić information content (AvgIpc) is 3.01. The molecule has 7 heteroatoms. The number of carbonyl (C=O) groups excluding carboxylic acids is 1. The fourth-order valence-corrected chi connectivity index (χ4v) is 2.71. The van der Waals surface area contributed by atoms with Gasteiger partial charge in [-0.25, -0.2) is 0 Å². The molecule has 0 radical (unpaired) electrons. The van der Waals surface area contributed by atoms with Gasteiger partial charge in [0.15, 0.2) is 0 Å². The van der Waals surface area contributed by atoms with E-state index in [9.17, 15) is 10.1 Å². The van der Waals surface area contributed by atoms with Gasteiger partial charge in [0.1, 0.15) is 16.9 Å². The summed E-state index contributed by atoms with van der Waals surface area (Å²) in [6.07, 6.45) is 1.58. The summed E-state index contributed by atoms with van der Waals surface area (Å²) >= 11 is 1.23. The molecular weight excluding hydrogens is 300 g/mol. The number of aryl methyl sites for hydroxylation is 1. The minimum absolute atomic E-state index is 0.0645. The molecule has 0 fully saturated rings. The van der Waals surface area contributed by atoms with Crippen LogP contribution in [0.25, 0.3) is 0 Å². The Hall–Kier alpha value is -2.33. The summed E-state index contributed by atoms with van der Waals surface area (Å²) in [6, 6.07) is 5.73. The van der Waals surface area contributed by atoms with Crippen LogP contribution in [0, 0.1) is 25.2 Å². The predicted octanol–water partition coefficient (Wildman–Crippen LogP) is 2.31. The van der Waals surface area contributed by atoms with Crippen LogP contribution in [-0.4, -0.2) is 33.8 Å². The van der Waals surface area contributed by atoms with Crippen molar-refractivity contribution in [1.29, 1.82) is 5.26 Å². The van der Waals surface area contributed by atoms with Gasteiger partial charge in [-0.2, -0.15) is 10.4 Å². The fraction of sp³-hybridized carbons (Fsp3) is 0.333. The first-order valence-corrected chi connectivity index (χ1v) is 7.64. The molecule has 0 saturated carbocycles. The van der Waals surface area contributed by atoms with Crippen molar-refractivity contribution in [1.82, 2.24) is 15.1 Å². The summed E-state index contributed by atoms with van der Waals surface area (Å²) < 4.78 is 5.22. The minimum atomic E-state index is -0.0645. The van der Waals surface area contributed by atoms with E-state index in [1.807, 2.05) is 13.0 Å². The van der Waals surface area contributed by atoms with Crippen molar-refractivity contribution in [2.75, 3.05) is 12.8 Å². The lowest BCUT2D eigenvalue weighted by Gasteiger charge is -2.15. The van der Waals surface area contributed by atoms with Gasteiger partial charge in [-0.1, -0.05) is 11.8 Å². The van der Waals surface area contributed by atoms with Gasteiger partial charge >= 0.3 is 0 Å². The molecule has 0 saturated heterocycles. The quantitative estimate of drug-likeness (QED) is 0.787. The van der Waals surface area contributed by atoms with Crippen LogP contribution in [0.2, 0.25) is 0 Å². The van der Waals surface area contributed by atoms with E-state index in [1.165, 1.54) is 11.8 Å². The van der Waals surface area contributed by atoms with E-state index in [0.29, 0.717) is 17.1 Å². The molecule has 2 rings (SSSR count). The topological polar surface area (TPSA) is 83.0 Å². The van der Waals surface area contributed by atoms with Gasteiger partial charge in [0, 0.05) is 7.05 Å². The highest BCUT2D eigenvalue weighted by Crippen LogP contribution is 2.23. The second-order valence-corrected chi connectivity index (χ2v) is 5.78. The van der Waals surface area contributed by atoms with Gasteiger partial charge in [0.2, 0.25) is 5.91 Å². The normalized spacial score (nSPS) is 10.3. The van der Waals surface area contributed by atoms with Crippen molar-refractivity contribution in [2.45, 2.75) is 25.4 Å². The first-order chi connectivity index (χ1) is 10.5. The zero-order chi connectivity index (χ0) is 16.1. The number of furan rings is 1. The zero-order valence-corrected chi connectivity index (χ0v) is 13.5. The third-order valence-corrected chi connectivity index (χ3v) is 4.22. The highest BCUT2D eigenvalue weighted by Gasteiger charge is 2.15. The first kappa shape index (κ1) is 16.0. The Morgan fingerprint density at radius 3 is 2.86 bits per heavy atom. The van der Waals surface area contributed by atoms with E-state index >= 15 is 0 Å². The Labute approximate surface area is 133 Å². The number of carbonyl (C=O) groups is 1. The molecule has 0 N–H and O–H groups in total. The van der Waals surface area contributed by atoms with Crippen molar-refractivity contribution in [3.8, 4) is 6.07 Å². The lowest BCUT2D eigenvalue weighted by molar-refractivity contribution is -0.127. The molecule has 2 aromatic heterocycles. The van der Waals surface area contributed by atoms with Crippen molar-refractivity contribution < 1.29 is 9.21 Å². The molecule has 0 aliphatic heterocycles. The molecule has 6 nitrogen and oxygen atoms in total. The highest BCUT2D eigenvalue weighted by atomic mass is 32.2. The summed E-state index contributed by atoms with van der Waals surface area (Å²) in [7, 11) is 1.71. The number of hydrogen-bond acceptors (Lipinski definition) is 6. The summed E-state index contributed by atoms with van der Waals surface area (Å²) in [5.74, 6) is 0.859. The Morgan fingerprint density at radius 1 is 1.45 bits per heavy atom. The maximum atomic E-state index is 12.1. The first-order valence-electron chi connectivity index (χ1n) is 6.66. The summed E-state index contributed by atoms with van der Waals surface area (Å²) in [5, 5.41) is 17.7. The van der Waals surface area contributed by atoms with E-state index in [2.05, 4.69) is 16.3 Å². The number of hydrogen-bond donors (Lipinski definition) is 0. The van der Waals surface area contributed by atoms with Gasteiger partial charge in [-0.05, 0) is 31.5 Å². The van der Waals surface area contributed by atoms with Crippen molar-refractivity contribution in [3.05, 3.63) is 41.0 Å². The molecule has 0 unspecified atom stereocenters. The number of thioether (sulfide) groups is 1. The van der Waals surface area contributed by atoms with Crippen LogP contribution in [0.3, 0.4) is 0 Å². The molecule has 0 bridgehead atoms. The number of nitrogens with zero attached hydrogens (tertiary/aromatic N) is 4. The van der Waals surface area contributed by atoms with Crippen molar-refractivity contribution in [3.63, 3.8) is 0 Å². The average molecular weight is 316 g/mol. The molecule has 22 heavy (non-hydrogen) atoms. The number of aromatic nitrogens is 2. The number of amides is 1. The zero-order valence-electron chi connectivity index (χ0n) is 12.7. The maximum absolute atomic E-state index is 12.1. The largest absolute Gasteiger partial charge is 0.467 e. The summed E-state index contributed by atoms with van der Waals surface area (Å²) in [4.78, 5) is 13.7. The molecular formula is C15H16N4O2S. The minimum Gasteiger partial charge on any atom is -0.467 e. The van der Waals surface area contributed by atoms with Crippen LogP contribution < -0.4 is 0 Å². The Balaban J connectivity index is 1.99. The summed E-state index contributed by atoms with van der Waals surface area (Å²) in [6.45, 7) is 4.05. The third kappa shape index (κ3) is 3.65. The standard InChI is InChI=1S/C15H16N4O2S/c1-10-11(2)17-18-15(13(10)7-16)22-9-14(20)19(3)8-12-5-4-6-21-12/h4-6H,8-9H2,1-3H3. The Kier molecular flexibility index (Phi) is 5.17. The molecule has 0 aliphatic rings.